The van der Waals surface area contributed by atoms with Crippen LogP contribution in [0, 0.1) is 6.92 Å². The summed E-state index contributed by atoms with van der Waals surface area (Å²) in [6.07, 6.45) is 4.30. The first kappa shape index (κ1) is 14.0. The van der Waals surface area contributed by atoms with Gasteiger partial charge in [0, 0.05) is 24.2 Å². The SMILES string of the molecule is CCOC(=O)Oc1c(C)nn2c(-c3cccnc3)ccnc12. The highest BCUT2D eigenvalue weighted by molar-refractivity contribution is 5.71. The van der Waals surface area contributed by atoms with Gasteiger partial charge in [0.25, 0.3) is 0 Å². The van der Waals surface area contributed by atoms with Crippen molar-refractivity contribution < 1.29 is 14.3 Å². The minimum Gasteiger partial charge on any atom is -0.434 e. The largest absolute Gasteiger partial charge is 0.514 e. The van der Waals surface area contributed by atoms with Crippen LogP contribution >= 0.6 is 0 Å². The average Bonchev–Trinajstić information content (AvgIpc) is 2.84. The molecule has 0 radical (unpaired) electrons. The smallest absolute Gasteiger partial charge is 0.434 e. The summed E-state index contributed by atoms with van der Waals surface area (Å²) in [7, 11) is 0. The van der Waals surface area contributed by atoms with Crippen LogP contribution in [-0.2, 0) is 4.74 Å². The van der Waals surface area contributed by atoms with Crippen molar-refractivity contribution in [3.63, 3.8) is 0 Å². The highest BCUT2D eigenvalue weighted by Crippen LogP contribution is 2.27. The highest BCUT2D eigenvalue weighted by Gasteiger charge is 2.18. The topological polar surface area (TPSA) is 78.6 Å². The third-order valence-electron chi connectivity index (χ3n) is 3.04. The van der Waals surface area contributed by atoms with E-state index in [2.05, 4.69) is 15.1 Å². The maximum absolute atomic E-state index is 11.5. The van der Waals surface area contributed by atoms with Crippen LogP contribution in [0.5, 0.6) is 5.75 Å². The molecule has 0 aliphatic carbocycles. The van der Waals surface area contributed by atoms with Crippen LogP contribution in [0.3, 0.4) is 0 Å². The van der Waals surface area contributed by atoms with E-state index in [1.54, 1.807) is 37.0 Å². The summed E-state index contributed by atoms with van der Waals surface area (Å²) in [6.45, 7) is 3.70. The van der Waals surface area contributed by atoms with Crippen LogP contribution in [-0.4, -0.2) is 32.3 Å². The van der Waals surface area contributed by atoms with Crippen LogP contribution in [0.2, 0.25) is 0 Å². The number of nitrogens with zero attached hydrogens (tertiary/aromatic N) is 4. The molecule has 7 heteroatoms. The fraction of sp³-hybridized carbons (Fsp3) is 0.200. The molecule has 0 aliphatic rings. The summed E-state index contributed by atoms with van der Waals surface area (Å²) in [5.74, 6) is 0.296. The number of fused-ring (bicyclic) bond motifs is 1. The Hall–Kier alpha value is -2.96. The van der Waals surface area contributed by atoms with Gasteiger partial charge in [0.05, 0.1) is 12.3 Å². The monoisotopic (exact) mass is 298 g/mol. The molecule has 3 rings (SSSR count). The van der Waals surface area contributed by atoms with Crippen molar-refractivity contribution in [1.82, 2.24) is 19.6 Å². The summed E-state index contributed by atoms with van der Waals surface area (Å²) in [5.41, 5.74) is 2.70. The van der Waals surface area contributed by atoms with Crippen molar-refractivity contribution in [2.24, 2.45) is 0 Å². The lowest BCUT2D eigenvalue weighted by Gasteiger charge is -2.05. The van der Waals surface area contributed by atoms with Gasteiger partial charge < -0.3 is 9.47 Å². The maximum Gasteiger partial charge on any atom is 0.514 e. The van der Waals surface area contributed by atoms with E-state index in [0.717, 1.165) is 11.3 Å². The Morgan fingerprint density at radius 2 is 2.18 bits per heavy atom. The molecule has 0 aromatic carbocycles. The van der Waals surface area contributed by atoms with Crippen LogP contribution in [0.15, 0.2) is 36.8 Å². The molecular formula is C15H14N4O3. The zero-order valence-corrected chi connectivity index (χ0v) is 12.2. The van der Waals surface area contributed by atoms with Crippen LogP contribution < -0.4 is 4.74 Å². The molecule has 0 atom stereocenters. The molecule has 0 unspecified atom stereocenters. The molecule has 0 spiro atoms. The van der Waals surface area contributed by atoms with E-state index in [9.17, 15) is 4.79 Å². The predicted molar refractivity (Wildman–Crippen MR) is 78.6 cm³/mol. The van der Waals surface area contributed by atoms with Crippen molar-refractivity contribution in [3.05, 3.63) is 42.5 Å². The molecule has 0 aliphatic heterocycles. The Kier molecular flexibility index (Phi) is 3.69. The van der Waals surface area contributed by atoms with Crippen molar-refractivity contribution in [3.8, 4) is 17.0 Å². The number of carbonyl (C=O) groups is 1. The number of aromatic nitrogens is 4. The molecular weight excluding hydrogens is 284 g/mol. The van der Waals surface area contributed by atoms with E-state index >= 15 is 0 Å². The molecule has 112 valence electrons. The molecule has 7 nitrogen and oxygen atoms in total. The van der Waals surface area contributed by atoms with Crippen LogP contribution in [0.1, 0.15) is 12.6 Å². The van der Waals surface area contributed by atoms with E-state index in [-0.39, 0.29) is 6.61 Å². The van der Waals surface area contributed by atoms with E-state index in [1.807, 2.05) is 18.2 Å². The number of rotatable bonds is 3. The first-order valence-electron chi connectivity index (χ1n) is 6.80. The molecule has 3 aromatic rings. The molecule has 0 saturated carbocycles. The molecule has 0 N–H and O–H groups in total. The number of aryl methyl sites for hydroxylation is 1. The van der Waals surface area contributed by atoms with Gasteiger partial charge in [-0.3, -0.25) is 4.98 Å². The lowest BCUT2D eigenvalue weighted by Crippen LogP contribution is -2.10. The molecule has 0 amide bonds. The Morgan fingerprint density at radius 3 is 2.91 bits per heavy atom. The summed E-state index contributed by atoms with van der Waals surface area (Å²) in [5, 5.41) is 4.40. The van der Waals surface area contributed by atoms with Crippen molar-refractivity contribution in [1.29, 1.82) is 0 Å². The lowest BCUT2D eigenvalue weighted by molar-refractivity contribution is 0.104. The Balaban J connectivity index is 2.10. The van der Waals surface area contributed by atoms with E-state index in [4.69, 9.17) is 9.47 Å². The van der Waals surface area contributed by atoms with E-state index < -0.39 is 6.16 Å². The predicted octanol–water partition coefficient (Wildman–Crippen LogP) is 2.64. The first-order valence-corrected chi connectivity index (χ1v) is 6.80. The van der Waals surface area contributed by atoms with Crippen LogP contribution in [0.4, 0.5) is 4.79 Å². The van der Waals surface area contributed by atoms with Gasteiger partial charge in [0.15, 0.2) is 5.65 Å². The molecule has 0 fully saturated rings. The Labute approximate surface area is 126 Å². The van der Waals surface area contributed by atoms with Gasteiger partial charge in [0.2, 0.25) is 5.75 Å². The standard InChI is InChI=1S/C15H14N4O3/c1-3-21-15(20)22-13-10(2)18-19-12(6-8-17-14(13)19)11-5-4-7-16-9-11/h4-9H,3H2,1-2H3. The molecule has 3 heterocycles. The molecule has 3 aromatic heterocycles. The quantitative estimate of drug-likeness (QED) is 0.692. The zero-order chi connectivity index (χ0) is 15.5. The summed E-state index contributed by atoms with van der Waals surface area (Å²) in [6, 6.07) is 5.59. The van der Waals surface area contributed by atoms with Crippen molar-refractivity contribution >= 4 is 11.8 Å². The third kappa shape index (κ3) is 2.48. The van der Waals surface area contributed by atoms with Gasteiger partial charge in [-0.2, -0.15) is 5.10 Å². The number of ether oxygens (including phenoxy) is 2. The van der Waals surface area contributed by atoms with Gasteiger partial charge in [-0.15, -0.1) is 0 Å². The van der Waals surface area contributed by atoms with E-state index in [1.165, 1.54) is 0 Å². The maximum atomic E-state index is 11.5. The zero-order valence-electron chi connectivity index (χ0n) is 12.2. The Bertz CT molecular complexity index is 814. The average molecular weight is 298 g/mol. The molecule has 0 bridgehead atoms. The van der Waals surface area contributed by atoms with E-state index in [0.29, 0.717) is 17.1 Å². The number of carbonyl (C=O) groups excluding carboxylic acids is 1. The number of pyridine rings is 1. The second kappa shape index (κ2) is 5.80. The summed E-state index contributed by atoms with van der Waals surface area (Å²) in [4.78, 5) is 19.9. The molecule has 22 heavy (non-hydrogen) atoms. The second-order valence-corrected chi connectivity index (χ2v) is 4.51. The number of hydrogen-bond acceptors (Lipinski definition) is 6. The minimum atomic E-state index is -0.769. The van der Waals surface area contributed by atoms with Crippen LogP contribution in [0.25, 0.3) is 16.9 Å². The highest BCUT2D eigenvalue weighted by atomic mass is 16.7. The first-order chi connectivity index (χ1) is 10.7. The van der Waals surface area contributed by atoms with Crippen molar-refractivity contribution in [2.45, 2.75) is 13.8 Å². The minimum absolute atomic E-state index is 0.242. The fourth-order valence-corrected chi connectivity index (χ4v) is 2.11. The number of hydrogen-bond donors (Lipinski definition) is 0. The fourth-order valence-electron chi connectivity index (χ4n) is 2.11. The summed E-state index contributed by atoms with van der Waals surface area (Å²) < 4.78 is 11.6. The molecule has 0 saturated heterocycles. The van der Waals surface area contributed by atoms with Gasteiger partial charge in [-0.05, 0) is 32.0 Å². The van der Waals surface area contributed by atoms with Gasteiger partial charge in [-0.25, -0.2) is 14.3 Å². The van der Waals surface area contributed by atoms with Crippen molar-refractivity contribution in [2.75, 3.05) is 6.61 Å². The third-order valence-corrected chi connectivity index (χ3v) is 3.04. The van der Waals surface area contributed by atoms with Gasteiger partial charge in [0.1, 0.15) is 5.69 Å². The Morgan fingerprint density at radius 1 is 1.32 bits per heavy atom. The lowest BCUT2D eigenvalue weighted by atomic mass is 10.2. The van der Waals surface area contributed by atoms with Gasteiger partial charge in [-0.1, -0.05) is 0 Å². The normalized spacial score (nSPS) is 10.6. The van der Waals surface area contributed by atoms with Gasteiger partial charge >= 0.3 is 6.16 Å². The summed E-state index contributed by atoms with van der Waals surface area (Å²) >= 11 is 0. The second-order valence-electron chi connectivity index (χ2n) is 4.51.